The predicted molar refractivity (Wildman–Crippen MR) is 94.0 cm³/mol. The lowest BCUT2D eigenvalue weighted by Gasteiger charge is -2.35. The Morgan fingerprint density at radius 2 is 1.96 bits per heavy atom. The molecule has 3 heterocycles. The number of amides is 3. The van der Waals surface area contributed by atoms with E-state index in [1.165, 1.54) is 23.1 Å². The molecule has 0 saturated carbocycles. The van der Waals surface area contributed by atoms with Gasteiger partial charge in [-0.2, -0.15) is 0 Å². The third-order valence-corrected chi connectivity index (χ3v) is 5.30. The molecule has 0 unspecified atom stereocenters. The number of rotatable bonds is 3. The molecule has 3 amide bonds. The van der Waals surface area contributed by atoms with E-state index in [0.29, 0.717) is 24.2 Å². The third-order valence-electron chi connectivity index (χ3n) is 5.30. The van der Waals surface area contributed by atoms with Crippen molar-refractivity contribution in [2.24, 2.45) is 5.92 Å². The van der Waals surface area contributed by atoms with E-state index in [0.717, 1.165) is 12.8 Å². The largest absolute Gasteiger partial charge is 0.347 e. The van der Waals surface area contributed by atoms with E-state index >= 15 is 0 Å². The first-order valence-corrected chi connectivity index (χ1v) is 8.84. The average Bonchev–Trinajstić information content (AvgIpc) is 2.87. The van der Waals surface area contributed by atoms with Crippen molar-refractivity contribution in [2.45, 2.75) is 25.8 Å². The SMILES string of the molecule is Cc1cc(F)ccc1C(=O)N1C[C@@H]2CC[C@H](C1)N(CC(=O)N(C)C)C2=O. The Labute approximate surface area is 152 Å². The summed E-state index contributed by atoms with van der Waals surface area (Å²) < 4.78 is 13.3. The molecular weight excluding hydrogens is 337 g/mol. The van der Waals surface area contributed by atoms with Crippen molar-refractivity contribution in [3.05, 3.63) is 35.1 Å². The lowest BCUT2D eigenvalue weighted by molar-refractivity contribution is -0.145. The molecule has 0 N–H and O–H groups in total. The molecule has 3 aliphatic rings. The molecular formula is C19H24FN3O3. The number of carbonyl (C=O) groups is 3. The molecule has 3 fully saturated rings. The molecule has 3 saturated heterocycles. The van der Waals surface area contributed by atoms with Crippen LogP contribution in [0.4, 0.5) is 4.39 Å². The summed E-state index contributed by atoms with van der Waals surface area (Å²) in [6.45, 7) is 2.50. The van der Waals surface area contributed by atoms with Gasteiger partial charge in [-0.05, 0) is 43.5 Å². The Balaban J connectivity index is 1.82. The van der Waals surface area contributed by atoms with Gasteiger partial charge in [-0.3, -0.25) is 14.4 Å². The van der Waals surface area contributed by atoms with E-state index in [-0.39, 0.29) is 42.0 Å². The second-order valence-corrected chi connectivity index (χ2v) is 7.35. The molecule has 4 rings (SSSR count). The van der Waals surface area contributed by atoms with Crippen LogP contribution in [-0.2, 0) is 9.59 Å². The van der Waals surface area contributed by atoms with Gasteiger partial charge >= 0.3 is 0 Å². The van der Waals surface area contributed by atoms with Gasteiger partial charge in [0.15, 0.2) is 0 Å². The van der Waals surface area contributed by atoms with Crippen LogP contribution in [0.3, 0.4) is 0 Å². The summed E-state index contributed by atoms with van der Waals surface area (Å²) in [6, 6.07) is 3.96. The molecule has 0 spiro atoms. The molecule has 2 bridgehead atoms. The number of likely N-dealkylation sites (N-methyl/N-ethyl adjacent to an activating group) is 1. The zero-order valence-electron chi connectivity index (χ0n) is 15.4. The van der Waals surface area contributed by atoms with Crippen LogP contribution in [0.25, 0.3) is 0 Å². The highest BCUT2D eigenvalue weighted by Gasteiger charge is 2.42. The van der Waals surface area contributed by atoms with E-state index in [1.807, 2.05) is 0 Å². The van der Waals surface area contributed by atoms with E-state index in [2.05, 4.69) is 0 Å². The first-order valence-electron chi connectivity index (χ1n) is 8.84. The summed E-state index contributed by atoms with van der Waals surface area (Å²) in [6.07, 6.45) is 1.51. The zero-order valence-corrected chi connectivity index (χ0v) is 15.4. The van der Waals surface area contributed by atoms with Crippen LogP contribution in [0.15, 0.2) is 18.2 Å². The molecule has 6 nitrogen and oxygen atoms in total. The monoisotopic (exact) mass is 361 g/mol. The summed E-state index contributed by atoms with van der Waals surface area (Å²) in [4.78, 5) is 42.5. The normalized spacial score (nSPS) is 22.4. The fraction of sp³-hybridized carbons (Fsp3) is 0.526. The van der Waals surface area contributed by atoms with Crippen LogP contribution in [0.5, 0.6) is 0 Å². The van der Waals surface area contributed by atoms with E-state index < -0.39 is 0 Å². The third kappa shape index (κ3) is 3.43. The molecule has 0 aliphatic carbocycles. The van der Waals surface area contributed by atoms with Gasteiger partial charge in [-0.1, -0.05) is 0 Å². The lowest BCUT2D eigenvalue weighted by atomic mass is 9.94. The van der Waals surface area contributed by atoms with E-state index in [4.69, 9.17) is 0 Å². The van der Waals surface area contributed by atoms with Crippen LogP contribution in [-0.4, -0.2) is 72.2 Å². The van der Waals surface area contributed by atoms with Crippen molar-refractivity contribution in [3.63, 3.8) is 0 Å². The summed E-state index contributed by atoms with van der Waals surface area (Å²) in [5.41, 5.74) is 1.04. The number of hydrogen-bond acceptors (Lipinski definition) is 3. The van der Waals surface area contributed by atoms with Crippen molar-refractivity contribution in [1.29, 1.82) is 0 Å². The maximum absolute atomic E-state index is 13.3. The van der Waals surface area contributed by atoms with Gasteiger partial charge in [0.25, 0.3) is 5.91 Å². The Morgan fingerprint density at radius 3 is 2.62 bits per heavy atom. The number of aryl methyl sites for hydroxylation is 1. The molecule has 7 heteroatoms. The van der Waals surface area contributed by atoms with Crippen LogP contribution >= 0.6 is 0 Å². The van der Waals surface area contributed by atoms with Gasteiger partial charge in [0.2, 0.25) is 11.8 Å². The van der Waals surface area contributed by atoms with Crippen LogP contribution in [0.1, 0.15) is 28.8 Å². The molecule has 2 atom stereocenters. The first-order chi connectivity index (χ1) is 12.3. The minimum atomic E-state index is -0.376. The van der Waals surface area contributed by atoms with Gasteiger partial charge < -0.3 is 14.7 Å². The fourth-order valence-corrected chi connectivity index (χ4v) is 3.74. The average molecular weight is 361 g/mol. The number of piperidine rings is 1. The minimum absolute atomic E-state index is 0.0462. The number of benzene rings is 1. The second kappa shape index (κ2) is 7.05. The molecule has 26 heavy (non-hydrogen) atoms. The number of fused-ring (bicyclic) bond motifs is 4. The molecule has 1 aromatic rings. The molecule has 3 aliphatic heterocycles. The lowest BCUT2D eigenvalue weighted by Crippen LogP contribution is -2.51. The predicted octanol–water partition coefficient (Wildman–Crippen LogP) is 1.29. The topological polar surface area (TPSA) is 60.9 Å². The standard InChI is InChI=1S/C19H24FN3O3/c1-12-8-14(20)5-7-16(12)19(26)22-9-13-4-6-15(10-22)23(18(13)25)11-17(24)21(2)3/h5,7-8,13,15H,4,6,9-11H2,1-3H3/t13-,15+/m0/s1. The maximum Gasteiger partial charge on any atom is 0.254 e. The van der Waals surface area contributed by atoms with Crippen LogP contribution in [0.2, 0.25) is 0 Å². The Morgan fingerprint density at radius 1 is 1.23 bits per heavy atom. The van der Waals surface area contributed by atoms with Gasteiger partial charge in [0, 0.05) is 38.8 Å². The summed E-state index contributed by atoms with van der Waals surface area (Å²) in [7, 11) is 3.33. The van der Waals surface area contributed by atoms with Crippen molar-refractivity contribution >= 4 is 17.7 Å². The maximum atomic E-state index is 13.3. The Kier molecular flexibility index (Phi) is 4.98. The summed E-state index contributed by atoms with van der Waals surface area (Å²) in [5, 5.41) is 0. The number of halogens is 1. The minimum Gasteiger partial charge on any atom is -0.347 e. The summed E-state index contributed by atoms with van der Waals surface area (Å²) >= 11 is 0. The highest BCUT2D eigenvalue weighted by Crippen LogP contribution is 2.30. The van der Waals surface area contributed by atoms with Crippen molar-refractivity contribution in [1.82, 2.24) is 14.7 Å². The van der Waals surface area contributed by atoms with Gasteiger partial charge in [0.05, 0.1) is 5.92 Å². The van der Waals surface area contributed by atoms with Crippen molar-refractivity contribution in [3.8, 4) is 0 Å². The van der Waals surface area contributed by atoms with Crippen LogP contribution < -0.4 is 0 Å². The van der Waals surface area contributed by atoms with Crippen molar-refractivity contribution < 1.29 is 18.8 Å². The van der Waals surface area contributed by atoms with Gasteiger partial charge in [0.1, 0.15) is 12.4 Å². The van der Waals surface area contributed by atoms with E-state index in [9.17, 15) is 18.8 Å². The Bertz CT molecular complexity index is 750. The van der Waals surface area contributed by atoms with Gasteiger partial charge in [-0.25, -0.2) is 4.39 Å². The molecule has 0 aromatic heterocycles. The number of nitrogens with zero attached hydrogens (tertiary/aromatic N) is 3. The highest BCUT2D eigenvalue weighted by molar-refractivity contribution is 5.96. The quantitative estimate of drug-likeness (QED) is 0.815. The van der Waals surface area contributed by atoms with Crippen molar-refractivity contribution in [2.75, 3.05) is 33.7 Å². The smallest absolute Gasteiger partial charge is 0.254 e. The molecule has 0 radical (unpaired) electrons. The first kappa shape index (κ1) is 18.4. The summed E-state index contributed by atoms with van der Waals surface area (Å²) in [5.74, 6) is -1.03. The van der Waals surface area contributed by atoms with Gasteiger partial charge in [-0.15, -0.1) is 0 Å². The number of carbonyl (C=O) groups excluding carboxylic acids is 3. The molecule has 1 aromatic carbocycles. The number of hydrogen-bond donors (Lipinski definition) is 0. The fourth-order valence-electron chi connectivity index (χ4n) is 3.74. The van der Waals surface area contributed by atoms with Crippen LogP contribution in [0, 0.1) is 18.7 Å². The Hall–Kier alpha value is -2.44. The molecule has 140 valence electrons. The highest BCUT2D eigenvalue weighted by atomic mass is 19.1. The second-order valence-electron chi connectivity index (χ2n) is 7.35. The zero-order chi connectivity index (χ0) is 19.0. The van der Waals surface area contributed by atoms with E-state index in [1.54, 1.807) is 30.8 Å².